The van der Waals surface area contributed by atoms with Gasteiger partial charge in [-0.2, -0.15) is 0 Å². The number of aliphatic hydroxyl groups is 3. The molecule has 2 aromatic carbocycles. The van der Waals surface area contributed by atoms with Crippen LogP contribution in [0.5, 0.6) is 40.2 Å². The number of hydrogen-bond acceptors (Lipinski definition) is 13. The molecule has 0 aliphatic carbocycles. The van der Waals surface area contributed by atoms with Crippen LogP contribution in [0.2, 0.25) is 0 Å². The van der Waals surface area contributed by atoms with Gasteiger partial charge in [0.1, 0.15) is 36.8 Å². The number of aliphatic hydroxyl groups excluding tert-OH is 3. The van der Waals surface area contributed by atoms with Crippen LogP contribution in [0.4, 0.5) is 0 Å². The van der Waals surface area contributed by atoms with Crippen LogP contribution in [0.25, 0.3) is 0 Å². The van der Waals surface area contributed by atoms with Crippen LogP contribution >= 0.6 is 0 Å². The zero-order valence-corrected chi connectivity index (χ0v) is 18.0. The Morgan fingerprint density at radius 1 is 0.882 bits per heavy atom. The van der Waals surface area contributed by atoms with Crippen molar-refractivity contribution >= 4 is 5.97 Å². The molecule has 186 valence electrons. The number of ether oxygens (including phenoxy) is 5. The van der Waals surface area contributed by atoms with E-state index in [-0.39, 0.29) is 28.6 Å². The second-order valence-corrected chi connectivity index (χ2v) is 7.27. The third-order valence-corrected chi connectivity index (χ3v) is 5.03. The molecule has 0 saturated carbocycles. The molecule has 2 aromatic rings. The van der Waals surface area contributed by atoms with Crippen LogP contribution < -0.4 is 14.2 Å². The molecule has 34 heavy (non-hydrogen) atoms. The Kier molecular flexibility index (Phi) is 7.41. The molecule has 0 spiro atoms. The van der Waals surface area contributed by atoms with Crippen molar-refractivity contribution in [3.8, 4) is 40.2 Å². The van der Waals surface area contributed by atoms with Crippen LogP contribution in [0.3, 0.4) is 0 Å². The minimum atomic E-state index is -1.77. The summed E-state index contributed by atoms with van der Waals surface area (Å²) in [5.74, 6) is -3.64. The molecular weight excluding hydrogens is 460 g/mol. The number of aromatic hydroxyl groups is 4. The van der Waals surface area contributed by atoms with Gasteiger partial charge < -0.3 is 59.4 Å². The fourth-order valence-corrected chi connectivity index (χ4v) is 3.21. The molecule has 0 aromatic heterocycles. The summed E-state index contributed by atoms with van der Waals surface area (Å²) in [6.45, 7) is -0.629. The summed E-state index contributed by atoms with van der Waals surface area (Å²) in [6.07, 6.45) is -8.15. The van der Waals surface area contributed by atoms with E-state index in [1.807, 2.05) is 0 Å². The predicted octanol–water partition coefficient (Wildman–Crippen LogP) is -0.430. The predicted molar refractivity (Wildman–Crippen MR) is 110 cm³/mol. The monoisotopic (exact) mass is 484 g/mol. The number of carbonyl (C=O) groups is 1. The van der Waals surface area contributed by atoms with Crippen LogP contribution in [-0.2, 0) is 9.47 Å². The van der Waals surface area contributed by atoms with E-state index < -0.39 is 60.5 Å². The Bertz CT molecular complexity index is 991. The van der Waals surface area contributed by atoms with E-state index in [1.165, 1.54) is 26.4 Å². The molecule has 13 nitrogen and oxygen atoms in total. The van der Waals surface area contributed by atoms with Gasteiger partial charge in [-0.25, -0.2) is 4.79 Å². The first kappa shape index (κ1) is 25.0. The molecule has 3 rings (SSSR count). The molecule has 1 aliphatic heterocycles. The van der Waals surface area contributed by atoms with E-state index in [2.05, 4.69) is 0 Å². The van der Waals surface area contributed by atoms with Gasteiger partial charge >= 0.3 is 5.97 Å². The highest BCUT2D eigenvalue weighted by molar-refractivity contribution is 5.91. The third kappa shape index (κ3) is 4.97. The van der Waals surface area contributed by atoms with Crippen molar-refractivity contribution in [2.24, 2.45) is 0 Å². The Morgan fingerprint density at radius 2 is 1.44 bits per heavy atom. The first-order valence-corrected chi connectivity index (χ1v) is 9.80. The Hall–Kier alpha value is -3.65. The molecule has 5 atom stereocenters. The number of phenols is 4. The van der Waals surface area contributed by atoms with Gasteiger partial charge in [-0.15, -0.1) is 0 Å². The number of hydrogen-bond donors (Lipinski definition) is 7. The lowest BCUT2D eigenvalue weighted by Gasteiger charge is -2.40. The molecule has 0 amide bonds. The SMILES string of the molecule is COc1cc(O)cc(OC)c1OC1OC(COC(=O)c2cc(O)c(O)c(O)c2)C(O)C(O)C1O. The standard InChI is InChI=1S/C21H24O13/c1-30-12-5-9(22)6-13(31-2)19(12)34-21-18(28)17(27)16(26)14(33-21)7-32-20(29)8-3-10(23)15(25)11(24)4-8/h3-6,14,16-18,21-28H,7H2,1-2H3. The summed E-state index contributed by atoms with van der Waals surface area (Å²) in [4.78, 5) is 12.3. The molecule has 7 N–H and O–H groups in total. The minimum absolute atomic E-state index is 0.0168. The average Bonchev–Trinajstić information content (AvgIpc) is 2.81. The number of esters is 1. The van der Waals surface area contributed by atoms with Crippen molar-refractivity contribution in [2.75, 3.05) is 20.8 Å². The first-order valence-electron chi connectivity index (χ1n) is 9.80. The lowest BCUT2D eigenvalue weighted by atomic mass is 9.99. The van der Waals surface area contributed by atoms with Gasteiger partial charge in [-0.3, -0.25) is 0 Å². The van der Waals surface area contributed by atoms with E-state index in [1.54, 1.807) is 0 Å². The first-order chi connectivity index (χ1) is 16.1. The Morgan fingerprint density at radius 3 is 1.97 bits per heavy atom. The maximum Gasteiger partial charge on any atom is 0.338 e. The molecule has 1 saturated heterocycles. The van der Waals surface area contributed by atoms with Gasteiger partial charge in [-0.1, -0.05) is 0 Å². The van der Waals surface area contributed by atoms with Crippen molar-refractivity contribution in [1.29, 1.82) is 0 Å². The average molecular weight is 484 g/mol. The number of carbonyl (C=O) groups excluding carboxylic acids is 1. The summed E-state index contributed by atoms with van der Waals surface area (Å²) in [5, 5.41) is 69.0. The summed E-state index contributed by atoms with van der Waals surface area (Å²) in [5.41, 5.74) is -0.315. The molecule has 0 bridgehead atoms. The Labute approximate surface area is 192 Å². The van der Waals surface area contributed by atoms with Crippen molar-refractivity contribution in [3.05, 3.63) is 29.8 Å². The summed E-state index contributed by atoms with van der Waals surface area (Å²) >= 11 is 0. The van der Waals surface area contributed by atoms with Crippen molar-refractivity contribution in [2.45, 2.75) is 30.7 Å². The molecular formula is C21H24O13. The van der Waals surface area contributed by atoms with E-state index in [4.69, 9.17) is 23.7 Å². The number of rotatable bonds is 7. The minimum Gasteiger partial charge on any atom is -0.508 e. The second kappa shape index (κ2) is 10.1. The number of phenolic OH excluding ortho intramolecular Hbond substituents is 4. The van der Waals surface area contributed by atoms with Gasteiger partial charge in [0.05, 0.1) is 19.8 Å². The highest BCUT2D eigenvalue weighted by Crippen LogP contribution is 2.42. The normalized spacial score (nSPS) is 24.3. The third-order valence-electron chi connectivity index (χ3n) is 5.03. The van der Waals surface area contributed by atoms with Crippen LogP contribution in [0.15, 0.2) is 24.3 Å². The molecule has 13 heteroatoms. The largest absolute Gasteiger partial charge is 0.508 e. The van der Waals surface area contributed by atoms with Gasteiger partial charge in [0.15, 0.2) is 28.7 Å². The second-order valence-electron chi connectivity index (χ2n) is 7.27. The fourth-order valence-electron chi connectivity index (χ4n) is 3.21. The molecule has 1 aliphatic rings. The Balaban J connectivity index is 1.76. The smallest absolute Gasteiger partial charge is 0.338 e. The van der Waals surface area contributed by atoms with E-state index in [0.717, 1.165) is 12.1 Å². The summed E-state index contributed by atoms with van der Waals surface area (Å²) in [7, 11) is 2.58. The molecule has 1 heterocycles. The zero-order chi connectivity index (χ0) is 25.2. The molecule has 0 radical (unpaired) electrons. The van der Waals surface area contributed by atoms with E-state index in [0.29, 0.717) is 0 Å². The highest BCUT2D eigenvalue weighted by atomic mass is 16.7. The van der Waals surface area contributed by atoms with Crippen molar-refractivity contribution in [3.63, 3.8) is 0 Å². The van der Waals surface area contributed by atoms with Crippen LogP contribution in [0.1, 0.15) is 10.4 Å². The fraction of sp³-hybridized carbons (Fsp3) is 0.381. The lowest BCUT2D eigenvalue weighted by molar-refractivity contribution is -0.277. The van der Waals surface area contributed by atoms with Gasteiger partial charge in [0.2, 0.25) is 12.0 Å². The van der Waals surface area contributed by atoms with E-state index >= 15 is 0 Å². The summed E-state index contributed by atoms with van der Waals surface area (Å²) in [6, 6.07) is 4.12. The van der Waals surface area contributed by atoms with Crippen LogP contribution in [0, 0.1) is 0 Å². The lowest BCUT2D eigenvalue weighted by Crippen LogP contribution is -2.60. The number of methoxy groups -OCH3 is 2. The maximum atomic E-state index is 12.3. The summed E-state index contributed by atoms with van der Waals surface area (Å²) < 4.78 is 26.4. The highest BCUT2D eigenvalue weighted by Gasteiger charge is 2.46. The van der Waals surface area contributed by atoms with E-state index in [9.17, 15) is 40.5 Å². The van der Waals surface area contributed by atoms with Crippen molar-refractivity contribution in [1.82, 2.24) is 0 Å². The maximum absolute atomic E-state index is 12.3. The topological polar surface area (TPSA) is 205 Å². The van der Waals surface area contributed by atoms with Gasteiger partial charge in [-0.05, 0) is 12.1 Å². The van der Waals surface area contributed by atoms with Gasteiger partial charge in [0, 0.05) is 12.1 Å². The van der Waals surface area contributed by atoms with Gasteiger partial charge in [0.25, 0.3) is 0 Å². The number of benzene rings is 2. The van der Waals surface area contributed by atoms with Crippen LogP contribution in [-0.4, -0.2) is 93.2 Å². The van der Waals surface area contributed by atoms with Crippen molar-refractivity contribution < 1.29 is 64.2 Å². The molecule has 5 unspecified atom stereocenters. The zero-order valence-electron chi connectivity index (χ0n) is 18.0. The molecule has 1 fully saturated rings. The quantitative estimate of drug-likeness (QED) is 0.197.